The third-order valence-electron chi connectivity index (χ3n) is 2.88. The number of aryl methyl sites for hydroxylation is 2. The maximum Gasteiger partial charge on any atom is 0.204 e. The van der Waals surface area contributed by atoms with E-state index in [-0.39, 0.29) is 5.78 Å². The van der Waals surface area contributed by atoms with Crippen LogP contribution in [0, 0.1) is 13.8 Å². The fraction of sp³-hybridized carbons (Fsp3) is 0.214. The minimum absolute atomic E-state index is 0.115. The van der Waals surface area contributed by atoms with E-state index in [1.165, 1.54) is 18.4 Å². The van der Waals surface area contributed by atoms with Crippen LogP contribution in [0.1, 0.15) is 25.7 Å². The van der Waals surface area contributed by atoms with Crippen LogP contribution >= 0.6 is 34.5 Å². The molecule has 0 aliphatic rings. The molecule has 1 heterocycles. The monoisotopic (exact) mass is 314 g/mol. The van der Waals surface area contributed by atoms with E-state index in [1.807, 2.05) is 19.9 Å². The van der Waals surface area contributed by atoms with Crippen molar-refractivity contribution in [3.05, 3.63) is 49.1 Å². The molecule has 0 amide bonds. The molecule has 5 heteroatoms. The number of carbonyl (C=O) groups is 1. The first-order chi connectivity index (χ1) is 8.93. The van der Waals surface area contributed by atoms with Crippen molar-refractivity contribution in [1.82, 2.24) is 0 Å². The molecule has 0 radical (unpaired) electrons. The number of methoxy groups -OCH3 is 1. The minimum Gasteiger partial charge on any atom is -0.495 e. The van der Waals surface area contributed by atoms with Gasteiger partial charge < -0.3 is 4.74 Å². The van der Waals surface area contributed by atoms with Crippen molar-refractivity contribution in [1.29, 1.82) is 0 Å². The first-order valence-electron chi connectivity index (χ1n) is 5.58. The van der Waals surface area contributed by atoms with Gasteiger partial charge in [0.15, 0.2) is 0 Å². The van der Waals surface area contributed by atoms with Crippen molar-refractivity contribution in [3.8, 4) is 5.75 Å². The summed E-state index contributed by atoms with van der Waals surface area (Å²) in [6, 6.07) is 4.98. The number of benzene rings is 1. The second-order valence-electron chi connectivity index (χ2n) is 4.15. The van der Waals surface area contributed by atoms with Gasteiger partial charge in [0.05, 0.1) is 22.0 Å². The quantitative estimate of drug-likeness (QED) is 0.752. The van der Waals surface area contributed by atoms with Crippen molar-refractivity contribution < 1.29 is 9.53 Å². The van der Waals surface area contributed by atoms with Gasteiger partial charge in [-0.05, 0) is 31.5 Å². The zero-order valence-corrected chi connectivity index (χ0v) is 13.0. The smallest absolute Gasteiger partial charge is 0.204 e. The molecule has 1 aromatic heterocycles. The van der Waals surface area contributed by atoms with Crippen LogP contribution in [-0.2, 0) is 0 Å². The van der Waals surface area contributed by atoms with Gasteiger partial charge in [0.25, 0.3) is 0 Å². The Hall–Kier alpha value is -1.03. The second-order valence-corrected chi connectivity index (χ2v) is 6.22. The average molecular weight is 315 g/mol. The lowest BCUT2D eigenvalue weighted by Crippen LogP contribution is -2.00. The molecule has 0 aliphatic heterocycles. The molecule has 0 fully saturated rings. The highest BCUT2D eigenvalue weighted by atomic mass is 35.5. The van der Waals surface area contributed by atoms with Gasteiger partial charge in [-0.15, -0.1) is 11.3 Å². The molecule has 19 heavy (non-hydrogen) atoms. The molecule has 1 aromatic carbocycles. The number of hydrogen-bond acceptors (Lipinski definition) is 3. The highest BCUT2D eigenvalue weighted by molar-refractivity contribution is 7.14. The number of ketones is 1. The largest absolute Gasteiger partial charge is 0.495 e. The summed E-state index contributed by atoms with van der Waals surface area (Å²) in [6.45, 7) is 3.96. The number of ether oxygens (including phenoxy) is 1. The average Bonchev–Trinajstić information content (AvgIpc) is 2.71. The number of rotatable bonds is 3. The summed E-state index contributed by atoms with van der Waals surface area (Å²) in [5.74, 6) is 0.345. The van der Waals surface area contributed by atoms with Crippen molar-refractivity contribution in [2.24, 2.45) is 0 Å². The lowest BCUT2D eigenvalue weighted by Gasteiger charge is -2.07. The third-order valence-corrected chi connectivity index (χ3v) is 4.64. The number of halogens is 2. The predicted molar refractivity (Wildman–Crippen MR) is 80.2 cm³/mol. The lowest BCUT2D eigenvalue weighted by molar-refractivity contribution is 0.104. The summed E-state index contributed by atoms with van der Waals surface area (Å²) in [5, 5.41) is 0.718. The summed E-state index contributed by atoms with van der Waals surface area (Å²) in [5.41, 5.74) is 1.50. The zero-order chi connectivity index (χ0) is 14.2. The standard InChI is InChI=1S/C14H12Cl2O2S/c1-7-4-13(19-8(7)2)14(17)9-5-11(16)12(18-3)6-10(9)15/h4-6H,1-3H3. The van der Waals surface area contributed by atoms with E-state index < -0.39 is 0 Å². The van der Waals surface area contributed by atoms with Gasteiger partial charge in [-0.3, -0.25) is 4.79 Å². The Kier molecular flexibility index (Phi) is 4.19. The molecule has 2 aromatic rings. The Bertz CT molecular complexity index is 628. The summed E-state index contributed by atoms with van der Waals surface area (Å²) < 4.78 is 5.06. The molecule has 0 bridgehead atoms. The normalized spacial score (nSPS) is 10.6. The van der Waals surface area contributed by atoms with E-state index in [0.717, 1.165) is 10.4 Å². The van der Waals surface area contributed by atoms with Crippen molar-refractivity contribution in [3.63, 3.8) is 0 Å². The van der Waals surface area contributed by atoms with Gasteiger partial charge in [-0.1, -0.05) is 23.2 Å². The Balaban J connectivity index is 2.47. The van der Waals surface area contributed by atoms with E-state index >= 15 is 0 Å². The molecule has 0 N–H and O–H groups in total. The maximum atomic E-state index is 12.4. The van der Waals surface area contributed by atoms with Crippen molar-refractivity contribution in [2.75, 3.05) is 7.11 Å². The number of hydrogen-bond donors (Lipinski definition) is 0. The first kappa shape index (κ1) is 14.4. The topological polar surface area (TPSA) is 26.3 Å². The Morgan fingerprint density at radius 3 is 2.37 bits per heavy atom. The number of thiophene rings is 1. The van der Waals surface area contributed by atoms with Gasteiger partial charge in [-0.25, -0.2) is 0 Å². The van der Waals surface area contributed by atoms with Gasteiger partial charge in [0, 0.05) is 16.5 Å². The highest BCUT2D eigenvalue weighted by Gasteiger charge is 2.18. The van der Waals surface area contributed by atoms with Crippen LogP contribution < -0.4 is 4.74 Å². The second kappa shape index (κ2) is 5.53. The lowest BCUT2D eigenvalue weighted by atomic mass is 10.1. The summed E-state index contributed by atoms with van der Waals surface area (Å²) in [6.07, 6.45) is 0. The fourth-order valence-corrected chi connectivity index (χ4v) is 3.15. The van der Waals surface area contributed by atoms with Gasteiger partial charge in [-0.2, -0.15) is 0 Å². The zero-order valence-electron chi connectivity index (χ0n) is 10.7. The van der Waals surface area contributed by atoms with Gasteiger partial charge in [0.2, 0.25) is 5.78 Å². The fourth-order valence-electron chi connectivity index (χ4n) is 1.68. The molecule has 0 saturated carbocycles. The highest BCUT2D eigenvalue weighted by Crippen LogP contribution is 2.33. The van der Waals surface area contributed by atoms with E-state index in [9.17, 15) is 4.79 Å². The van der Waals surface area contributed by atoms with E-state index in [1.54, 1.807) is 12.1 Å². The summed E-state index contributed by atoms with van der Waals surface area (Å²) in [4.78, 5) is 14.2. The molecule has 0 saturated heterocycles. The molecule has 2 rings (SSSR count). The summed E-state index contributed by atoms with van der Waals surface area (Å²) >= 11 is 13.6. The SMILES string of the molecule is COc1cc(Cl)c(C(=O)c2cc(C)c(C)s2)cc1Cl. The summed E-state index contributed by atoms with van der Waals surface area (Å²) in [7, 11) is 1.50. The minimum atomic E-state index is -0.115. The molecular weight excluding hydrogens is 303 g/mol. The molecule has 0 spiro atoms. The van der Waals surface area contributed by atoms with Crippen LogP contribution in [0.2, 0.25) is 10.0 Å². The molecule has 0 aliphatic carbocycles. The van der Waals surface area contributed by atoms with E-state index in [2.05, 4.69) is 0 Å². The van der Waals surface area contributed by atoms with Crippen molar-refractivity contribution in [2.45, 2.75) is 13.8 Å². The van der Waals surface area contributed by atoms with Crippen LogP contribution in [0.15, 0.2) is 18.2 Å². The molecular formula is C14H12Cl2O2S. The molecule has 0 atom stereocenters. The van der Waals surface area contributed by atoms with E-state index in [0.29, 0.717) is 26.2 Å². The van der Waals surface area contributed by atoms with E-state index in [4.69, 9.17) is 27.9 Å². The first-order valence-corrected chi connectivity index (χ1v) is 7.16. The maximum absolute atomic E-state index is 12.4. The Morgan fingerprint density at radius 1 is 1.16 bits per heavy atom. The molecule has 0 unspecified atom stereocenters. The Labute approximate surface area is 125 Å². The third kappa shape index (κ3) is 2.78. The van der Waals surface area contributed by atoms with Crippen LogP contribution in [0.5, 0.6) is 5.75 Å². The predicted octanol–water partition coefficient (Wildman–Crippen LogP) is 4.91. The van der Waals surface area contributed by atoms with Crippen LogP contribution in [0.4, 0.5) is 0 Å². The molecule has 2 nitrogen and oxygen atoms in total. The van der Waals surface area contributed by atoms with Crippen molar-refractivity contribution >= 4 is 40.3 Å². The molecule has 100 valence electrons. The van der Waals surface area contributed by atoms with Crippen LogP contribution in [0.25, 0.3) is 0 Å². The van der Waals surface area contributed by atoms with Gasteiger partial charge >= 0.3 is 0 Å². The van der Waals surface area contributed by atoms with Gasteiger partial charge in [0.1, 0.15) is 5.75 Å². The Morgan fingerprint density at radius 2 is 1.84 bits per heavy atom. The number of carbonyl (C=O) groups excluding carboxylic acids is 1. The van der Waals surface area contributed by atoms with Crippen LogP contribution in [-0.4, -0.2) is 12.9 Å². The van der Waals surface area contributed by atoms with Crippen LogP contribution in [0.3, 0.4) is 0 Å².